The molecule has 122 valence electrons. The number of hydrogen-bond donors (Lipinski definition) is 3. The highest BCUT2D eigenvalue weighted by atomic mass is 35.5. The van der Waals surface area contributed by atoms with E-state index in [0.29, 0.717) is 22.8 Å². The number of benzene rings is 1. The highest BCUT2D eigenvalue weighted by molar-refractivity contribution is 6.31. The summed E-state index contributed by atoms with van der Waals surface area (Å²) in [6.07, 6.45) is 3.48. The highest BCUT2D eigenvalue weighted by Gasteiger charge is 2.25. The molecule has 5 nitrogen and oxygen atoms in total. The van der Waals surface area contributed by atoms with Gasteiger partial charge in [0.2, 0.25) is 11.8 Å². The summed E-state index contributed by atoms with van der Waals surface area (Å²) in [5.41, 5.74) is 6.98. The summed E-state index contributed by atoms with van der Waals surface area (Å²) in [6, 6.07) is 5.06. The predicted octanol–water partition coefficient (Wildman–Crippen LogP) is 3.18. The van der Waals surface area contributed by atoms with Gasteiger partial charge < -0.3 is 16.4 Å². The van der Waals surface area contributed by atoms with E-state index in [1.165, 1.54) is 6.92 Å². The van der Waals surface area contributed by atoms with Gasteiger partial charge in [0, 0.05) is 23.9 Å². The van der Waals surface area contributed by atoms with E-state index in [9.17, 15) is 9.59 Å². The Morgan fingerprint density at radius 2 is 1.95 bits per heavy atom. The average molecular weight is 346 g/mol. The Labute approximate surface area is 141 Å². The molecule has 1 aliphatic carbocycles. The van der Waals surface area contributed by atoms with Gasteiger partial charge in [0.05, 0.1) is 11.4 Å². The first-order chi connectivity index (χ1) is 9.95. The molecule has 0 bridgehead atoms. The molecule has 0 radical (unpaired) electrons. The lowest BCUT2D eigenvalue weighted by molar-refractivity contribution is -0.121. The molecule has 4 N–H and O–H groups in total. The van der Waals surface area contributed by atoms with Crippen LogP contribution in [0.15, 0.2) is 18.2 Å². The molecule has 0 spiro atoms. The summed E-state index contributed by atoms with van der Waals surface area (Å²) in [7, 11) is 0. The van der Waals surface area contributed by atoms with E-state index in [4.69, 9.17) is 17.3 Å². The molecular formula is C15H21Cl2N3O2. The summed E-state index contributed by atoms with van der Waals surface area (Å²) >= 11 is 5.96. The van der Waals surface area contributed by atoms with E-state index in [1.54, 1.807) is 18.2 Å². The van der Waals surface area contributed by atoms with Crippen molar-refractivity contribution >= 4 is 47.2 Å². The fourth-order valence-corrected chi connectivity index (χ4v) is 2.79. The van der Waals surface area contributed by atoms with Crippen LogP contribution in [-0.2, 0) is 9.59 Å². The number of nitrogens with one attached hydrogen (secondary N) is 2. The maximum Gasteiger partial charge on any atom is 0.227 e. The summed E-state index contributed by atoms with van der Waals surface area (Å²) in [5, 5.41) is 6.03. The van der Waals surface area contributed by atoms with Crippen LogP contribution in [0, 0.1) is 5.92 Å². The number of carbonyl (C=O) groups is 2. The molecule has 0 heterocycles. The third-order valence-corrected chi connectivity index (χ3v) is 3.87. The van der Waals surface area contributed by atoms with Gasteiger partial charge in [-0.1, -0.05) is 18.0 Å². The Kier molecular flexibility index (Phi) is 7.13. The van der Waals surface area contributed by atoms with Gasteiger partial charge in [-0.15, -0.1) is 12.4 Å². The molecule has 1 aliphatic rings. The van der Waals surface area contributed by atoms with Crippen LogP contribution < -0.4 is 16.4 Å². The molecule has 2 amide bonds. The van der Waals surface area contributed by atoms with Crippen molar-refractivity contribution < 1.29 is 9.59 Å². The molecule has 22 heavy (non-hydrogen) atoms. The van der Waals surface area contributed by atoms with Crippen LogP contribution in [0.5, 0.6) is 0 Å². The second-order valence-corrected chi connectivity index (χ2v) is 5.92. The summed E-state index contributed by atoms with van der Waals surface area (Å²) in [6.45, 7) is 1.42. The smallest absolute Gasteiger partial charge is 0.227 e. The normalized spacial score (nSPS) is 20.7. The average Bonchev–Trinajstić information content (AvgIpc) is 2.41. The third kappa shape index (κ3) is 5.16. The second-order valence-electron chi connectivity index (χ2n) is 5.48. The number of rotatable bonds is 3. The predicted molar refractivity (Wildman–Crippen MR) is 91.6 cm³/mol. The Balaban J connectivity index is 0.00000242. The van der Waals surface area contributed by atoms with Crippen molar-refractivity contribution in [3.8, 4) is 0 Å². The number of nitrogens with two attached hydrogens (primary N) is 1. The van der Waals surface area contributed by atoms with Crippen LogP contribution in [0.2, 0.25) is 5.02 Å². The van der Waals surface area contributed by atoms with Gasteiger partial charge >= 0.3 is 0 Å². The Morgan fingerprint density at radius 1 is 1.23 bits per heavy atom. The van der Waals surface area contributed by atoms with Crippen LogP contribution in [0.1, 0.15) is 32.6 Å². The zero-order chi connectivity index (χ0) is 15.4. The Morgan fingerprint density at radius 3 is 2.59 bits per heavy atom. The first kappa shape index (κ1) is 18.7. The van der Waals surface area contributed by atoms with Gasteiger partial charge in [-0.05, 0) is 37.5 Å². The fourth-order valence-electron chi connectivity index (χ4n) is 2.62. The van der Waals surface area contributed by atoms with Crippen LogP contribution >= 0.6 is 24.0 Å². The fraction of sp³-hybridized carbons (Fsp3) is 0.467. The quantitative estimate of drug-likeness (QED) is 0.786. The molecule has 1 fully saturated rings. The SMILES string of the molecule is CC(=O)Nc1ccc(Cl)cc1NC(=O)C1CCCC(N)C1.Cl. The van der Waals surface area contributed by atoms with Gasteiger partial charge in [-0.3, -0.25) is 9.59 Å². The lowest BCUT2D eigenvalue weighted by Gasteiger charge is -2.26. The van der Waals surface area contributed by atoms with Crippen LogP contribution in [0.4, 0.5) is 11.4 Å². The van der Waals surface area contributed by atoms with Crippen LogP contribution in [0.3, 0.4) is 0 Å². The van der Waals surface area contributed by atoms with Gasteiger partial charge in [0.15, 0.2) is 0 Å². The van der Waals surface area contributed by atoms with Crippen molar-refractivity contribution in [2.75, 3.05) is 10.6 Å². The molecule has 0 aliphatic heterocycles. The van der Waals surface area contributed by atoms with E-state index < -0.39 is 0 Å². The van der Waals surface area contributed by atoms with Crippen molar-refractivity contribution in [2.24, 2.45) is 11.7 Å². The highest BCUT2D eigenvalue weighted by Crippen LogP contribution is 2.29. The largest absolute Gasteiger partial charge is 0.328 e. The standard InChI is InChI=1S/C15H20ClN3O2.ClH/c1-9(20)18-13-6-5-11(16)8-14(13)19-15(21)10-3-2-4-12(17)7-10;/h5-6,8,10,12H,2-4,7,17H2,1H3,(H,18,20)(H,19,21);1H. The van der Waals surface area contributed by atoms with Gasteiger partial charge in [0.25, 0.3) is 0 Å². The number of anilines is 2. The topological polar surface area (TPSA) is 84.2 Å². The van der Waals surface area contributed by atoms with Gasteiger partial charge in [0.1, 0.15) is 0 Å². The zero-order valence-corrected chi connectivity index (χ0v) is 14.0. The number of amides is 2. The molecule has 1 aromatic rings. The lowest BCUT2D eigenvalue weighted by Crippen LogP contribution is -2.34. The minimum atomic E-state index is -0.201. The van der Waals surface area contributed by atoms with E-state index in [1.807, 2.05) is 0 Å². The Bertz CT molecular complexity index is 552. The number of carbonyl (C=O) groups excluding carboxylic acids is 2. The molecule has 2 atom stereocenters. The third-order valence-electron chi connectivity index (χ3n) is 3.64. The van der Waals surface area contributed by atoms with Gasteiger partial charge in [-0.2, -0.15) is 0 Å². The van der Waals surface area contributed by atoms with E-state index in [2.05, 4.69) is 10.6 Å². The number of hydrogen-bond acceptors (Lipinski definition) is 3. The molecule has 0 saturated heterocycles. The molecule has 7 heteroatoms. The molecule has 2 unspecified atom stereocenters. The molecular weight excluding hydrogens is 325 g/mol. The van der Waals surface area contributed by atoms with E-state index in [-0.39, 0.29) is 36.2 Å². The first-order valence-corrected chi connectivity index (χ1v) is 7.47. The van der Waals surface area contributed by atoms with Crippen molar-refractivity contribution in [3.05, 3.63) is 23.2 Å². The minimum absolute atomic E-state index is 0. The molecule has 1 aromatic carbocycles. The monoisotopic (exact) mass is 345 g/mol. The summed E-state index contributed by atoms with van der Waals surface area (Å²) < 4.78 is 0. The minimum Gasteiger partial charge on any atom is -0.328 e. The maximum atomic E-state index is 12.3. The summed E-state index contributed by atoms with van der Waals surface area (Å²) in [4.78, 5) is 23.5. The summed E-state index contributed by atoms with van der Waals surface area (Å²) in [5.74, 6) is -0.357. The van der Waals surface area contributed by atoms with Crippen LogP contribution in [0.25, 0.3) is 0 Å². The van der Waals surface area contributed by atoms with Crippen LogP contribution in [-0.4, -0.2) is 17.9 Å². The van der Waals surface area contributed by atoms with Crippen molar-refractivity contribution in [2.45, 2.75) is 38.6 Å². The molecule has 2 rings (SSSR count). The maximum absolute atomic E-state index is 12.3. The van der Waals surface area contributed by atoms with Crippen molar-refractivity contribution in [3.63, 3.8) is 0 Å². The molecule has 1 saturated carbocycles. The molecule has 0 aromatic heterocycles. The first-order valence-electron chi connectivity index (χ1n) is 7.09. The van der Waals surface area contributed by atoms with E-state index >= 15 is 0 Å². The zero-order valence-electron chi connectivity index (χ0n) is 12.4. The van der Waals surface area contributed by atoms with Crippen molar-refractivity contribution in [1.29, 1.82) is 0 Å². The number of halogens is 2. The lowest BCUT2D eigenvalue weighted by atomic mass is 9.85. The van der Waals surface area contributed by atoms with E-state index in [0.717, 1.165) is 19.3 Å². The second kappa shape index (κ2) is 8.36. The van der Waals surface area contributed by atoms with Crippen molar-refractivity contribution in [1.82, 2.24) is 0 Å². The Hall–Kier alpha value is -1.30. The van der Waals surface area contributed by atoms with Gasteiger partial charge in [-0.25, -0.2) is 0 Å².